The lowest BCUT2D eigenvalue weighted by Crippen LogP contribution is -2.34. The van der Waals surface area contributed by atoms with Gasteiger partial charge in [0.1, 0.15) is 12.2 Å². The number of rotatable bonds is 2. The van der Waals surface area contributed by atoms with Crippen molar-refractivity contribution >= 4 is 12.2 Å². The Balaban J connectivity index is 2.23. The number of carbonyl (C=O) groups is 2. The molecule has 1 rings (SSSR count). The van der Waals surface area contributed by atoms with E-state index < -0.39 is 17.8 Å². The summed E-state index contributed by atoms with van der Waals surface area (Å²) in [6, 6.07) is 9.10. The fourth-order valence-corrected chi connectivity index (χ4v) is 1.13. The average molecular weight is 267 g/mol. The van der Waals surface area contributed by atoms with E-state index in [-0.39, 0.29) is 6.61 Å². The third-order valence-corrected chi connectivity index (χ3v) is 1.82. The SMILES string of the molecule is CC(C)(C)OC(=O)NOC(=O)OCc1ccccc1. The molecule has 0 bridgehead atoms. The summed E-state index contributed by atoms with van der Waals surface area (Å²) in [7, 11) is 0. The van der Waals surface area contributed by atoms with Crippen LogP contribution in [-0.4, -0.2) is 17.8 Å². The summed E-state index contributed by atoms with van der Waals surface area (Å²) in [5, 5.41) is 0. The van der Waals surface area contributed by atoms with Crippen LogP contribution in [0.4, 0.5) is 9.59 Å². The minimum Gasteiger partial charge on any atom is -0.442 e. The van der Waals surface area contributed by atoms with E-state index in [0.717, 1.165) is 5.56 Å². The van der Waals surface area contributed by atoms with Crippen molar-refractivity contribution in [2.45, 2.75) is 33.0 Å². The monoisotopic (exact) mass is 267 g/mol. The molecule has 0 heterocycles. The minimum absolute atomic E-state index is 0.0652. The molecule has 0 fully saturated rings. The Morgan fingerprint density at radius 1 is 1.16 bits per heavy atom. The predicted octanol–water partition coefficient (Wildman–Crippen LogP) is 2.78. The number of hydroxylamine groups is 1. The second-order valence-corrected chi connectivity index (χ2v) is 4.73. The number of nitrogens with one attached hydrogen (secondary N) is 1. The van der Waals surface area contributed by atoms with Crippen LogP contribution in [0.1, 0.15) is 26.3 Å². The molecule has 1 N–H and O–H groups in total. The van der Waals surface area contributed by atoms with Crippen molar-refractivity contribution in [2.75, 3.05) is 0 Å². The molecule has 104 valence electrons. The van der Waals surface area contributed by atoms with Gasteiger partial charge in [-0.2, -0.15) is 0 Å². The molecule has 0 atom stereocenters. The zero-order valence-corrected chi connectivity index (χ0v) is 11.1. The molecule has 0 aliphatic rings. The number of carbonyl (C=O) groups excluding carboxylic acids is 2. The largest absolute Gasteiger partial charge is 0.533 e. The number of hydrogen-bond donors (Lipinski definition) is 1. The minimum atomic E-state index is -1.00. The lowest BCUT2D eigenvalue weighted by molar-refractivity contribution is -0.0123. The second kappa shape index (κ2) is 6.63. The predicted molar refractivity (Wildman–Crippen MR) is 67.1 cm³/mol. The molecule has 0 aliphatic carbocycles. The van der Waals surface area contributed by atoms with Gasteiger partial charge in [-0.25, -0.2) is 9.59 Å². The van der Waals surface area contributed by atoms with E-state index in [0.29, 0.717) is 0 Å². The van der Waals surface area contributed by atoms with Gasteiger partial charge in [-0.05, 0) is 26.3 Å². The van der Waals surface area contributed by atoms with Crippen LogP contribution in [0.2, 0.25) is 0 Å². The van der Waals surface area contributed by atoms with Gasteiger partial charge in [0.05, 0.1) is 0 Å². The smallest absolute Gasteiger partial charge is 0.442 e. The fraction of sp³-hybridized carbons (Fsp3) is 0.385. The number of ether oxygens (including phenoxy) is 2. The van der Waals surface area contributed by atoms with Crippen molar-refractivity contribution in [2.24, 2.45) is 0 Å². The third kappa shape index (κ3) is 6.92. The molecule has 19 heavy (non-hydrogen) atoms. The van der Waals surface area contributed by atoms with Gasteiger partial charge >= 0.3 is 12.2 Å². The third-order valence-electron chi connectivity index (χ3n) is 1.82. The van der Waals surface area contributed by atoms with E-state index in [1.807, 2.05) is 23.7 Å². The molecular formula is C13H17NO5. The molecule has 0 saturated carbocycles. The van der Waals surface area contributed by atoms with Crippen molar-refractivity contribution in [1.82, 2.24) is 5.48 Å². The van der Waals surface area contributed by atoms with Crippen LogP contribution in [0.15, 0.2) is 30.3 Å². The van der Waals surface area contributed by atoms with Crippen LogP contribution in [0.25, 0.3) is 0 Å². The average Bonchev–Trinajstić information content (AvgIpc) is 2.33. The highest BCUT2D eigenvalue weighted by molar-refractivity contribution is 5.69. The molecule has 0 saturated heterocycles. The molecule has 0 aromatic heterocycles. The molecule has 1 amide bonds. The maximum absolute atomic E-state index is 11.2. The Bertz CT molecular complexity index is 424. The maximum Gasteiger partial charge on any atom is 0.533 e. The topological polar surface area (TPSA) is 73.9 Å². The van der Waals surface area contributed by atoms with E-state index in [1.54, 1.807) is 32.9 Å². The van der Waals surface area contributed by atoms with E-state index in [4.69, 9.17) is 9.47 Å². The van der Waals surface area contributed by atoms with Gasteiger partial charge in [0, 0.05) is 0 Å². The van der Waals surface area contributed by atoms with E-state index in [9.17, 15) is 9.59 Å². The first-order chi connectivity index (χ1) is 8.87. The lowest BCUT2D eigenvalue weighted by atomic mass is 10.2. The second-order valence-electron chi connectivity index (χ2n) is 4.73. The van der Waals surface area contributed by atoms with Crippen molar-refractivity contribution in [1.29, 1.82) is 0 Å². The van der Waals surface area contributed by atoms with Gasteiger partial charge in [-0.3, -0.25) is 0 Å². The quantitative estimate of drug-likeness (QED) is 0.658. The van der Waals surface area contributed by atoms with Gasteiger partial charge in [-0.15, -0.1) is 5.48 Å². The van der Waals surface area contributed by atoms with Crippen LogP contribution in [0.5, 0.6) is 0 Å². The number of hydrogen-bond acceptors (Lipinski definition) is 5. The Hall–Kier alpha value is -2.24. The molecule has 0 radical (unpaired) electrons. The first kappa shape index (κ1) is 14.8. The Kier molecular flexibility index (Phi) is 5.17. The van der Waals surface area contributed by atoms with Crippen molar-refractivity contribution in [3.8, 4) is 0 Å². The maximum atomic E-state index is 11.2. The van der Waals surface area contributed by atoms with Crippen LogP contribution in [-0.2, 0) is 20.9 Å². The molecule has 1 aromatic carbocycles. The number of benzene rings is 1. The molecular weight excluding hydrogens is 250 g/mol. The van der Waals surface area contributed by atoms with E-state index >= 15 is 0 Å². The zero-order valence-electron chi connectivity index (χ0n) is 11.1. The highest BCUT2D eigenvalue weighted by Gasteiger charge is 2.17. The van der Waals surface area contributed by atoms with E-state index in [2.05, 4.69) is 4.84 Å². The summed E-state index contributed by atoms with van der Waals surface area (Å²) < 4.78 is 9.65. The van der Waals surface area contributed by atoms with Gasteiger partial charge in [0.15, 0.2) is 0 Å². The highest BCUT2D eigenvalue weighted by Crippen LogP contribution is 2.06. The highest BCUT2D eigenvalue weighted by atomic mass is 16.8. The van der Waals surface area contributed by atoms with Gasteiger partial charge < -0.3 is 14.3 Å². The standard InChI is InChI=1S/C13H17NO5/c1-13(2,3)18-11(15)14-19-12(16)17-9-10-7-5-4-6-8-10/h4-8H,9H2,1-3H3,(H,14,15). The van der Waals surface area contributed by atoms with Crippen molar-refractivity contribution in [3.05, 3.63) is 35.9 Å². The molecule has 0 spiro atoms. The van der Waals surface area contributed by atoms with Gasteiger partial charge in [-0.1, -0.05) is 30.3 Å². The summed E-state index contributed by atoms with van der Waals surface area (Å²) in [4.78, 5) is 26.7. The zero-order chi connectivity index (χ0) is 14.3. The van der Waals surface area contributed by atoms with Crippen molar-refractivity contribution in [3.63, 3.8) is 0 Å². The summed E-state index contributed by atoms with van der Waals surface area (Å²) >= 11 is 0. The van der Waals surface area contributed by atoms with Crippen LogP contribution < -0.4 is 5.48 Å². The molecule has 6 heteroatoms. The Morgan fingerprint density at radius 2 is 1.79 bits per heavy atom. The molecule has 1 aromatic rings. The molecule has 6 nitrogen and oxygen atoms in total. The van der Waals surface area contributed by atoms with Gasteiger partial charge in [0.2, 0.25) is 0 Å². The number of amides is 1. The summed E-state index contributed by atoms with van der Waals surface area (Å²) in [5.41, 5.74) is 1.99. The van der Waals surface area contributed by atoms with Crippen LogP contribution in [0, 0.1) is 0 Å². The Morgan fingerprint density at radius 3 is 2.37 bits per heavy atom. The summed E-state index contributed by atoms with van der Waals surface area (Å²) in [5.74, 6) is 0. The first-order valence-corrected chi connectivity index (χ1v) is 5.73. The summed E-state index contributed by atoms with van der Waals surface area (Å²) in [6.45, 7) is 5.15. The van der Waals surface area contributed by atoms with Crippen molar-refractivity contribution < 1.29 is 23.9 Å². The summed E-state index contributed by atoms with van der Waals surface area (Å²) in [6.07, 6.45) is -1.86. The molecule has 0 unspecified atom stereocenters. The first-order valence-electron chi connectivity index (χ1n) is 5.73. The lowest BCUT2D eigenvalue weighted by Gasteiger charge is -2.18. The van der Waals surface area contributed by atoms with Crippen LogP contribution >= 0.6 is 0 Å². The molecule has 0 aliphatic heterocycles. The Labute approximate surface area is 111 Å². The normalized spacial score (nSPS) is 10.5. The van der Waals surface area contributed by atoms with Gasteiger partial charge in [0.25, 0.3) is 0 Å². The fourth-order valence-electron chi connectivity index (χ4n) is 1.13. The van der Waals surface area contributed by atoms with Crippen LogP contribution in [0.3, 0.4) is 0 Å². The van der Waals surface area contributed by atoms with E-state index in [1.165, 1.54) is 0 Å².